The van der Waals surface area contributed by atoms with Crippen LogP contribution in [0.3, 0.4) is 0 Å². The molecule has 77 heavy (non-hydrogen) atoms. The first-order valence-electron chi connectivity index (χ1n) is 33.4. The van der Waals surface area contributed by atoms with E-state index in [2.05, 4.69) is 93.7 Å². The van der Waals surface area contributed by atoms with Gasteiger partial charge in [-0.05, 0) is 83.5 Å². The summed E-state index contributed by atoms with van der Waals surface area (Å²) in [5.74, 6) is -0.874. The summed E-state index contributed by atoms with van der Waals surface area (Å²) >= 11 is 0. The Morgan fingerprint density at radius 2 is 0.532 bits per heavy atom. The summed E-state index contributed by atoms with van der Waals surface area (Å²) in [5, 5.41) is 0. The maximum atomic E-state index is 12.9. The lowest BCUT2D eigenvalue weighted by Gasteiger charge is -2.18. The zero-order chi connectivity index (χ0) is 55.7. The highest BCUT2D eigenvalue weighted by Gasteiger charge is 2.19. The number of ether oxygens (including phenoxy) is 3. The number of carbonyl (C=O) groups excluding carboxylic acids is 3. The average molecular weight is 1080 g/mol. The third-order valence-corrected chi connectivity index (χ3v) is 14.7. The van der Waals surface area contributed by atoms with Gasteiger partial charge in [0.15, 0.2) is 6.10 Å². The summed E-state index contributed by atoms with van der Waals surface area (Å²) in [5.41, 5.74) is 0. The summed E-state index contributed by atoms with van der Waals surface area (Å²) in [6, 6.07) is 0. The molecule has 1 atom stereocenters. The summed E-state index contributed by atoms with van der Waals surface area (Å²) in [6.07, 6.45) is 84.9. The quantitative estimate of drug-likeness (QED) is 0.0261. The third-order valence-electron chi connectivity index (χ3n) is 14.7. The molecule has 0 aromatic rings. The van der Waals surface area contributed by atoms with Crippen molar-refractivity contribution in [3.63, 3.8) is 0 Å². The van der Waals surface area contributed by atoms with Crippen molar-refractivity contribution in [1.82, 2.24) is 0 Å². The zero-order valence-electron chi connectivity index (χ0n) is 51.2. The van der Waals surface area contributed by atoms with E-state index in [0.717, 1.165) is 109 Å². The molecule has 0 fully saturated rings. The number of hydrogen-bond acceptors (Lipinski definition) is 6. The Kier molecular flexibility index (Phi) is 62.7. The number of allylic oxidation sites excluding steroid dienone is 12. The first kappa shape index (κ1) is 73.8. The molecule has 0 aromatic heterocycles. The van der Waals surface area contributed by atoms with Crippen LogP contribution in [0.25, 0.3) is 0 Å². The molecule has 0 rings (SSSR count). The highest BCUT2D eigenvalue weighted by molar-refractivity contribution is 5.71. The number of esters is 3. The topological polar surface area (TPSA) is 78.9 Å². The maximum Gasteiger partial charge on any atom is 0.306 e. The van der Waals surface area contributed by atoms with Gasteiger partial charge in [-0.15, -0.1) is 0 Å². The van der Waals surface area contributed by atoms with E-state index in [0.29, 0.717) is 19.3 Å². The van der Waals surface area contributed by atoms with Gasteiger partial charge in [-0.2, -0.15) is 0 Å². The van der Waals surface area contributed by atoms with E-state index in [-0.39, 0.29) is 31.1 Å². The SMILES string of the molecule is CC/C=C\C/C=C\C/C=C\C/C=C\CCCCCCCCCCCCCCC(=O)OCC(COC(=O)CCCCCCC/C=C\C/C=C\CCC)OC(=O)CCCCCCCCCCCCCCCCCCCCCCC. The smallest absolute Gasteiger partial charge is 0.306 e. The lowest BCUT2D eigenvalue weighted by Crippen LogP contribution is -2.30. The van der Waals surface area contributed by atoms with Crippen LogP contribution in [0.15, 0.2) is 72.9 Å². The first-order chi connectivity index (χ1) is 38.0. The molecule has 0 saturated heterocycles. The predicted molar refractivity (Wildman–Crippen MR) is 335 cm³/mol. The molecule has 0 aliphatic carbocycles. The van der Waals surface area contributed by atoms with Crippen LogP contribution in [0.1, 0.15) is 342 Å². The second-order valence-corrected chi connectivity index (χ2v) is 22.4. The van der Waals surface area contributed by atoms with Crippen LogP contribution in [0.5, 0.6) is 0 Å². The van der Waals surface area contributed by atoms with Crippen molar-refractivity contribution in [2.45, 2.75) is 348 Å². The molecular formula is C71H126O6. The van der Waals surface area contributed by atoms with Crippen molar-refractivity contribution in [3.8, 4) is 0 Å². The van der Waals surface area contributed by atoms with E-state index in [9.17, 15) is 14.4 Å². The third kappa shape index (κ3) is 63.6. The highest BCUT2D eigenvalue weighted by Crippen LogP contribution is 2.18. The minimum absolute atomic E-state index is 0.0775. The molecule has 0 aliphatic heterocycles. The Bertz CT molecular complexity index is 1420. The maximum absolute atomic E-state index is 12.9. The summed E-state index contributed by atoms with van der Waals surface area (Å²) in [4.78, 5) is 38.4. The predicted octanol–water partition coefficient (Wildman–Crippen LogP) is 22.9. The number of carbonyl (C=O) groups is 3. The Morgan fingerprint density at radius 3 is 0.844 bits per heavy atom. The van der Waals surface area contributed by atoms with Gasteiger partial charge >= 0.3 is 17.9 Å². The molecular weight excluding hydrogens is 949 g/mol. The number of hydrogen-bond donors (Lipinski definition) is 0. The van der Waals surface area contributed by atoms with E-state index in [1.54, 1.807) is 0 Å². The van der Waals surface area contributed by atoms with Gasteiger partial charge in [-0.1, -0.05) is 312 Å². The van der Waals surface area contributed by atoms with Gasteiger partial charge in [-0.25, -0.2) is 0 Å². The summed E-state index contributed by atoms with van der Waals surface area (Å²) in [6.45, 7) is 6.50. The standard InChI is InChI=1S/C71H126O6/c1-4-7-10-13-16-19-22-25-27-29-31-33-34-35-36-38-39-41-43-46-49-52-55-58-61-64-70(73)76-67-68(66-75-69(72)63-60-57-54-51-48-45-24-21-18-15-12-9-6-3)77-71(74)65-62-59-56-53-50-47-44-42-40-37-32-30-28-26-23-20-17-14-11-8-5-2/h7,10,12,15-16,19,21,24-25,27,31,33,68H,4-6,8-9,11,13-14,17-18,20,22-23,26,28-30,32,34-67H2,1-3H3/b10-7-,15-12-,19-16-,24-21-,27-25-,33-31-. The van der Waals surface area contributed by atoms with Gasteiger partial charge < -0.3 is 14.2 Å². The van der Waals surface area contributed by atoms with Crippen LogP contribution in [-0.2, 0) is 28.6 Å². The molecule has 0 radical (unpaired) electrons. The summed E-state index contributed by atoms with van der Waals surface area (Å²) < 4.78 is 16.9. The second kappa shape index (κ2) is 65.4. The van der Waals surface area contributed by atoms with Crippen LogP contribution in [0.4, 0.5) is 0 Å². The molecule has 0 aromatic carbocycles. The molecule has 6 heteroatoms. The molecule has 0 bridgehead atoms. The van der Waals surface area contributed by atoms with Crippen molar-refractivity contribution in [3.05, 3.63) is 72.9 Å². The molecule has 0 heterocycles. The Balaban J connectivity index is 4.27. The van der Waals surface area contributed by atoms with Crippen LogP contribution in [0, 0.1) is 0 Å². The van der Waals surface area contributed by atoms with Crippen LogP contribution >= 0.6 is 0 Å². The molecule has 0 aliphatic rings. The van der Waals surface area contributed by atoms with Gasteiger partial charge in [0.05, 0.1) is 0 Å². The van der Waals surface area contributed by atoms with Gasteiger partial charge in [0.1, 0.15) is 13.2 Å². The fraction of sp³-hybridized carbons (Fsp3) is 0.789. The van der Waals surface area contributed by atoms with Crippen molar-refractivity contribution in [1.29, 1.82) is 0 Å². The van der Waals surface area contributed by atoms with Gasteiger partial charge in [0.25, 0.3) is 0 Å². The van der Waals surface area contributed by atoms with Crippen molar-refractivity contribution in [2.24, 2.45) is 0 Å². The monoisotopic (exact) mass is 1070 g/mol. The average Bonchev–Trinajstić information content (AvgIpc) is 3.43. The largest absolute Gasteiger partial charge is 0.462 e. The Morgan fingerprint density at radius 1 is 0.273 bits per heavy atom. The molecule has 1 unspecified atom stereocenters. The lowest BCUT2D eigenvalue weighted by molar-refractivity contribution is -0.167. The van der Waals surface area contributed by atoms with E-state index < -0.39 is 6.10 Å². The highest BCUT2D eigenvalue weighted by atomic mass is 16.6. The molecule has 446 valence electrons. The van der Waals surface area contributed by atoms with Gasteiger partial charge in [0, 0.05) is 19.3 Å². The number of rotatable bonds is 61. The van der Waals surface area contributed by atoms with E-state index in [1.165, 1.54) is 193 Å². The van der Waals surface area contributed by atoms with Crippen molar-refractivity contribution in [2.75, 3.05) is 13.2 Å². The van der Waals surface area contributed by atoms with E-state index in [4.69, 9.17) is 14.2 Å². The fourth-order valence-electron chi connectivity index (χ4n) is 9.71. The fourth-order valence-corrected chi connectivity index (χ4v) is 9.71. The molecule has 6 nitrogen and oxygen atoms in total. The number of unbranched alkanes of at least 4 members (excludes halogenated alkanes) is 38. The normalized spacial score (nSPS) is 12.5. The Labute approximate surface area is 478 Å². The zero-order valence-corrected chi connectivity index (χ0v) is 51.2. The first-order valence-corrected chi connectivity index (χ1v) is 33.4. The van der Waals surface area contributed by atoms with Crippen LogP contribution < -0.4 is 0 Å². The Hall–Kier alpha value is -3.15. The lowest BCUT2D eigenvalue weighted by atomic mass is 10.0. The van der Waals surface area contributed by atoms with E-state index in [1.807, 2.05) is 0 Å². The summed E-state index contributed by atoms with van der Waals surface area (Å²) in [7, 11) is 0. The molecule has 0 N–H and O–H groups in total. The second-order valence-electron chi connectivity index (χ2n) is 22.4. The van der Waals surface area contributed by atoms with E-state index >= 15 is 0 Å². The minimum atomic E-state index is -0.781. The molecule has 0 spiro atoms. The van der Waals surface area contributed by atoms with Crippen molar-refractivity contribution < 1.29 is 28.6 Å². The van der Waals surface area contributed by atoms with Crippen LogP contribution in [0.2, 0.25) is 0 Å². The molecule has 0 amide bonds. The minimum Gasteiger partial charge on any atom is -0.462 e. The molecule has 0 saturated carbocycles. The van der Waals surface area contributed by atoms with Gasteiger partial charge in [0.2, 0.25) is 0 Å². The van der Waals surface area contributed by atoms with Crippen LogP contribution in [-0.4, -0.2) is 37.2 Å². The van der Waals surface area contributed by atoms with Crippen molar-refractivity contribution >= 4 is 17.9 Å². The van der Waals surface area contributed by atoms with Gasteiger partial charge in [-0.3, -0.25) is 14.4 Å².